The maximum absolute atomic E-state index is 12.8. The number of piperidine rings is 1. The standard InChI is InChI=1S/C27H38N4O2/c1-26(2,3)29-15-13-20(14-16-29)21-11-12-24(28-19-21)30-17-18-31(25(32)33-27(4,5)6)23-10-8-7-9-22(23)30/h7-12,19-20H,13-18H2,1-6H3. The summed E-state index contributed by atoms with van der Waals surface area (Å²) >= 11 is 0. The third-order valence-electron chi connectivity index (χ3n) is 6.59. The predicted molar refractivity (Wildman–Crippen MR) is 135 cm³/mol. The number of benzene rings is 1. The molecule has 2 aliphatic heterocycles. The molecule has 3 heterocycles. The van der Waals surface area contributed by atoms with Gasteiger partial charge in [-0.05, 0) is 97.2 Å². The second kappa shape index (κ2) is 8.98. The molecule has 0 atom stereocenters. The Morgan fingerprint density at radius 3 is 2.15 bits per heavy atom. The zero-order valence-corrected chi connectivity index (χ0v) is 21.0. The molecule has 2 aliphatic rings. The molecule has 6 nitrogen and oxygen atoms in total. The molecule has 2 aromatic rings. The van der Waals surface area contributed by atoms with Crippen LogP contribution in [0.2, 0.25) is 0 Å². The minimum atomic E-state index is -0.524. The van der Waals surface area contributed by atoms with Crippen LogP contribution >= 0.6 is 0 Å². The van der Waals surface area contributed by atoms with Crippen LogP contribution in [-0.4, -0.2) is 53.3 Å². The van der Waals surface area contributed by atoms with Gasteiger partial charge in [-0.3, -0.25) is 9.80 Å². The number of hydrogen-bond acceptors (Lipinski definition) is 5. The van der Waals surface area contributed by atoms with E-state index in [1.54, 1.807) is 4.90 Å². The summed E-state index contributed by atoms with van der Waals surface area (Å²) in [6, 6.07) is 12.3. The number of ether oxygens (including phenoxy) is 1. The van der Waals surface area contributed by atoms with Crippen LogP contribution in [0.5, 0.6) is 0 Å². The Hall–Kier alpha value is -2.60. The van der Waals surface area contributed by atoms with E-state index in [4.69, 9.17) is 9.72 Å². The normalized spacial score (nSPS) is 18.2. The first-order valence-corrected chi connectivity index (χ1v) is 12.1. The molecule has 178 valence electrons. The van der Waals surface area contributed by atoms with Gasteiger partial charge in [0.2, 0.25) is 0 Å². The van der Waals surface area contributed by atoms with Crippen LogP contribution < -0.4 is 9.80 Å². The summed E-state index contributed by atoms with van der Waals surface area (Å²) in [5.41, 5.74) is 2.88. The highest BCUT2D eigenvalue weighted by Crippen LogP contribution is 2.38. The first-order chi connectivity index (χ1) is 15.5. The maximum Gasteiger partial charge on any atom is 0.414 e. The van der Waals surface area contributed by atoms with Crippen molar-refractivity contribution in [1.82, 2.24) is 9.88 Å². The predicted octanol–water partition coefficient (Wildman–Crippen LogP) is 5.95. The van der Waals surface area contributed by atoms with E-state index >= 15 is 0 Å². The van der Waals surface area contributed by atoms with Gasteiger partial charge >= 0.3 is 6.09 Å². The molecule has 0 spiro atoms. The van der Waals surface area contributed by atoms with Gasteiger partial charge in [-0.2, -0.15) is 0 Å². The minimum Gasteiger partial charge on any atom is -0.443 e. The van der Waals surface area contributed by atoms with Gasteiger partial charge in [-0.25, -0.2) is 9.78 Å². The summed E-state index contributed by atoms with van der Waals surface area (Å²) in [6.45, 7) is 16.1. The summed E-state index contributed by atoms with van der Waals surface area (Å²) in [5.74, 6) is 1.49. The lowest BCUT2D eigenvalue weighted by molar-refractivity contribution is 0.0580. The molecule has 1 aromatic heterocycles. The van der Waals surface area contributed by atoms with Gasteiger partial charge in [0.25, 0.3) is 0 Å². The molecule has 0 unspecified atom stereocenters. The second-order valence-electron chi connectivity index (χ2n) is 11.2. The number of nitrogens with zero attached hydrogens (tertiary/aromatic N) is 4. The van der Waals surface area contributed by atoms with Crippen LogP contribution in [0.15, 0.2) is 42.6 Å². The lowest BCUT2D eigenvalue weighted by Crippen LogP contribution is -2.45. The van der Waals surface area contributed by atoms with Crippen molar-refractivity contribution in [3.8, 4) is 0 Å². The average molecular weight is 451 g/mol. The van der Waals surface area contributed by atoms with Crippen LogP contribution in [0.4, 0.5) is 22.0 Å². The first kappa shape index (κ1) is 23.6. The molecular weight excluding hydrogens is 412 g/mol. The van der Waals surface area contributed by atoms with Crippen molar-refractivity contribution in [2.24, 2.45) is 0 Å². The van der Waals surface area contributed by atoms with Gasteiger partial charge < -0.3 is 9.64 Å². The molecular formula is C27H38N4O2. The third kappa shape index (κ3) is 5.32. The molecule has 0 N–H and O–H groups in total. The van der Waals surface area contributed by atoms with E-state index in [0.29, 0.717) is 19.0 Å². The summed E-state index contributed by atoms with van der Waals surface area (Å²) in [5, 5.41) is 0. The van der Waals surface area contributed by atoms with Crippen LogP contribution in [0.1, 0.15) is 65.9 Å². The largest absolute Gasteiger partial charge is 0.443 e. The van der Waals surface area contributed by atoms with E-state index in [-0.39, 0.29) is 11.6 Å². The van der Waals surface area contributed by atoms with E-state index in [2.05, 4.69) is 48.9 Å². The number of hydrogen-bond donors (Lipinski definition) is 0. The quantitative estimate of drug-likeness (QED) is 0.566. The fourth-order valence-corrected chi connectivity index (χ4v) is 4.79. The number of carbonyl (C=O) groups is 1. The average Bonchev–Trinajstić information content (AvgIpc) is 2.77. The van der Waals surface area contributed by atoms with E-state index in [9.17, 15) is 4.79 Å². The fourth-order valence-electron chi connectivity index (χ4n) is 4.79. The highest BCUT2D eigenvalue weighted by Gasteiger charge is 2.31. The Kier molecular flexibility index (Phi) is 6.41. The molecule has 1 aromatic carbocycles. The zero-order chi connectivity index (χ0) is 23.8. The van der Waals surface area contributed by atoms with Crippen molar-refractivity contribution in [3.05, 3.63) is 48.2 Å². The Morgan fingerprint density at radius 1 is 0.909 bits per heavy atom. The molecule has 1 amide bonds. The molecule has 4 rings (SSSR count). The van der Waals surface area contributed by atoms with Crippen molar-refractivity contribution in [2.75, 3.05) is 36.0 Å². The second-order valence-corrected chi connectivity index (χ2v) is 11.2. The number of amides is 1. The maximum atomic E-state index is 12.8. The fraction of sp³-hybridized carbons (Fsp3) is 0.556. The molecule has 33 heavy (non-hydrogen) atoms. The van der Waals surface area contributed by atoms with Gasteiger partial charge in [0, 0.05) is 24.8 Å². The number of likely N-dealkylation sites (tertiary alicyclic amines) is 1. The first-order valence-electron chi connectivity index (χ1n) is 12.1. The van der Waals surface area contributed by atoms with Gasteiger partial charge in [0.1, 0.15) is 11.4 Å². The molecule has 0 radical (unpaired) electrons. The van der Waals surface area contributed by atoms with Gasteiger partial charge in [0.15, 0.2) is 0 Å². The van der Waals surface area contributed by atoms with Crippen LogP contribution in [-0.2, 0) is 4.74 Å². The third-order valence-corrected chi connectivity index (χ3v) is 6.59. The van der Waals surface area contributed by atoms with Crippen molar-refractivity contribution in [3.63, 3.8) is 0 Å². The smallest absolute Gasteiger partial charge is 0.414 e. The van der Waals surface area contributed by atoms with E-state index in [1.807, 2.05) is 45.0 Å². The highest BCUT2D eigenvalue weighted by atomic mass is 16.6. The lowest BCUT2D eigenvalue weighted by Gasteiger charge is -2.41. The Balaban J connectivity index is 1.49. The monoisotopic (exact) mass is 450 g/mol. The van der Waals surface area contributed by atoms with E-state index in [0.717, 1.165) is 30.3 Å². The topological polar surface area (TPSA) is 48.9 Å². The van der Waals surface area contributed by atoms with Gasteiger partial charge in [0.05, 0.1) is 11.4 Å². The van der Waals surface area contributed by atoms with Gasteiger partial charge in [-0.1, -0.05) is 18.2 Å². The number of anilines is 3. The lowest BCUT2D eigenvalue weighted by atomic mass is 9.88. The molecule has 6 heteroatoms. The Bertz CT molecular complexity index is 967. The molecule has 0 aliphatic carbocycles. The van der Waals surface area contributed by atoms with Crippen LogP contribution in [0.3, 0.4) is 0 Å². The van der Waals surface area contributed by atoms with Crippen LogP contribution in [0, 0.1) is 0 Å². The molecule has 1 fully saturated rings. The van der Waals surface area contributed by atoms with Crippen molar-refractivity contribution in [1.29, 1.82) is 0 Å². The number of pyridine rings is 1. The molecule has 0 bridgehead atoms. The number of carbonyl (C=O) groups excluding carboxylic acids is 1. The number of fused-ring (bicyclic) bond motifs is 1. The van der Waals surface area contributed by atoms with E-state index < -0.39 is 5.60 Å². The van der Waals surface area contributed by atoms with E-state index in [1.165, 1.54) is 18.4 Å². The summed E-state index contributed by atoms with van der Waals surface area (Å²) in [6.07, 6.45) is 4.10. The van der Waals surface area contributed by atoms with Crippen molar-refractivity contribution < 1.29 is 9.53 Å². The van der Waals surface area contributed by atoms with Crippen molar-refractivity contribution in [2.45, 2.75) is 71.4 Å². The zero-order valence-electron chi connectivity index (χ0n) is 21.0. The number of aromatic nitrogens is 1. The summed E-state index contributed by atoms with van der Waals surface area (Å²) < 4.78 is 5.64. The number of rotatable bonds is 2. The minimum absolute atomic E-state index is 0.238. The number of para-hydroxylation sites is 2. The SMILES string of the molecule is CC(C)(C)OC(=O)N1CCN(c2ccc(C3CCN(C(C)(C)C)CC3)cn2)c2ccccc21. The van der Waals surface area contributed by atoms with Gasteiger partial charge in [-0.15, -0.1) is 0 Å². The van der Waals surface area contributed by atoms with Crippen LogP contribution in [0.25, 0.3) is 0 Å². The summed E-state index contributed by atoms with van der Waals surface area (Å²) in [4.78, 5) is 24.1. The summed E-state index contributed by atoms with van der Waals surface area (Å²) in [7, 11) is 0. The Labute approximate surface area is 198 Å². The molecule has 1 saturated heterocycles. The van der Waals surface area contributed by atoms with Crippen molar-refractivity contribution >= 4 is 23.3 Å². The molecule has 0 saturated carbocycles. The highest BCUT2D eigenvalue weighted by molar-refractivity contribution is 5.95. The Morgan fingerprint density at radius 2 is 1.58 bits per heavy atom.